The van der Waals surface area contributed by atoms with Gasteiger partial charge in [0, 0.05) is 6.20 Å². The Kier molecular flexibility index (Phi) is 5.67. The van der Waals surface area contributed by atoms with E-state index in [0.717, 1.165) is 11.1 Å². The molecule has 0 bridgehead atoms. The molecule has 0 radical (unpaired) electrons. The first-order valence-corrected chi connectivity index (χ1v) is 7.97. The lowest BCUT2D eigenvalue weighted by Gasteiger charge is -2.06. The number of ether oxygens (including phenoxy) is 2. The fourth-order valence-electron chi connectivity index (χ4n) is 2.16. The summed E-state index contributed by atoms with van der Waals surface area (Å²) in [6.07, 6.45) is 1.32. The lowest BCUT2D eigenvalue weighted by Crippen LogP contribution is -2.14. The van der Waals surface area contributed by atoms with Crippen molar-refractivity contribution >= 4 is 11.9 Å². The predicted molar refractivity (Wildman–Crippen MR) is 93.2 cm³/mol. The summed E-state index contributed by atoms with van der Waals surface area (Å²) < 4.78 is 10.4. The van der Waals surface area contributed by atoms with Crippen LogP contribution in [0, 0.1) is 0 Å². The molecule has 1 heterocycles. The molecular weight excluding hydrogens is 332 g/mol. The van der Waals surface area contributed by atoms with Gasteiger partial charge in [-0.1, -0.05) is 60.7 Å². The summed E-state index contributed by atoms with van der Waals surface area (Å²) in [5.74, 6) is -1.52. The van der Waals surface area contributed by atoms with Crippen molar-refractivity contribution in [1.29, 1.82) is 0 Å². The molecule has 3 rings (SSSR count). The predicted octanol–water partition coefficient (Wildman–Crippen LogP) is 3.19. The van der Waals surface area contributed by atoms with Crippen LogP contribution >= 0.6 is 0 Å². The molecule has 0 aliphatic carbocycles. The van der Waals surface area contributed by atoms with Crippen molar-refractivity contribution < 1.29 is 19.1 Å². The number of carbonyl (C=O) groups excluding carboxylic acids is 2. The Morgan fingerprint density at radius 2 is 1.27 bits per heavy atom. The molecule has 0 atom stereocenters. The van der Waals surface area contributed by atoms with E-state index < -0.39 is 11.9 Å². The van der Waals surface area contributed by atoms with Crippen LogP contribution in [0.1, 0.15) is 32.2 Å². The van der Waals surface area contributed by atoms with Crippen LogP contribution in [-0.2, 0) is 22.7 Å². The fraction of sp³-hybridized carbons (Fsp3) is 0.100. The van der Waals surface area contributed by atoms with Crippen molar-refractivity contribution in [2.24, 2.45) is 0 Å². The van der Waals surface area contributed by atoms with Crippen LogP contribution in [0.25, 0.3) is 0 Å². The standard InChI is InChI=1S/C20H16N2O4/c23-19(25-13-15-7-3-1-4-8-15)17-11-12-21-18(22-17)20(24)26-14-16-9-5-2-6-10-16/h1-12H,13-14H2. The SMILES string of the molecule is O=C(OCc1ccccc1)c1ccnc(C(=O)OCc2ccccc2)n1. The second-order valence-corrected chi connectivity index (χ2v) is 5.39. The van der Waals surface area contributed by atoms with E-state index in [1.54, 1.807) is 0 Å². The van der Waals surface area contributed by atoms with Crippen LogP contribution in [-0.4, -0.2) is 21.9 Å². The summed E-state index contributed by atoms with van der Waals surface area (Å²) in [7, 11) is 0. The van der Waals surface area contributed by atoms with E-state index in [1.807, 2.05) is 60.7 Å². The summed E-state index contributed by atoms with van der Waals surface area (Å²) in [6.45, 7) is 0.225. The normalized spacial score (nSPS) is 10.2. The van der Waals surface area contributed by atoms with Gasteiger partial charge in [-0.2, -0.15) is 0 Å². The van der Waals surface area contributed by atoms with Crippen LogP contribution in [0.2, 0.25) is 0 Å². The van der Waals surface area contributed by atoms with Crippen molar-refractivity contribution in [2.45, 2.75) is 13.2 Å². The van der Waals surface area contributed by atoms with Crippen LogP contribution in [0.3, 0.4) is 0 Å². The first-order valence-electron chi connectivity index (χ1n) is 7.97. The minimum absolute atomic E-state index is 0.00240. The van der Waals surface area contributed by atoms with Gasteiger partial charge in [0.1, 0.15) is 13.2 Å². The molecule has 0 amide bonds. The van der Waals surface area contributed by atoms with E-state index in [-0.39, 0.29) is 24.7 Å². The van der Waals surface area contributed by atoms with Gasteiger partial charge in [-0.15, -0.1) is 0 Å². The molecule has 0 saturated carbocycles. The van der Waals surface area contributed by atoms with Gasteiger partial charge in [0.25, 0.3) is 0 Å². The van der Waals surface area contributed by atoms with Crippen molar-refractivity contribution in [3.63, 3.8) is 0 Å². The smallest absolute Gasteiger partial charge is 0.376 e. The topological polar surface area (TPSA) is 78.4 Å². The van der Waals surface area contributed by atoms with Gasteiger partial charge < -0.3 is 9.47 Å². The number of benzene rings is 2. The molecule has 0 aliphatic rings. The number of esters is 2. The van der Waals surface area contributed by atoms with Gasteiger partial charge in [-0.05, 0) is 17.2 Å². The Hall–Kier alpha value is -3.54. The first-order chi connectivity index (χ1) is 12.7. The molecule has 0 aliphatic heterocycles. The Balaban J connectivity index is 1.60. The fourth-order valence-corrected chi connectivity index (χ4v) is 2.16. The lowest BCUT2D eigenvalue weighted by molar-refractivity contribution is 0.0450. The summed E-state index contributed by atoms with van der Waals surface area (Å²) in [6, 6.07) is 19.9. The van der Waals surface area contributed by atoms with Gasteiger partial charge in [0.05, 0.1) is 0 Å². The molecule has 6 heteroatoms. The summed E-state index contributed by atoms with van der Waals surface area (Å²) in [4.78, 5) is 32.0. The number of nitrogens with zero attached hydrogens (tertiary/aromatic N) is 2. The summed E-state index contributed by atoms with van der Waals surface area (Å²) in [5, 5.41) is 0. The van der Waals surface area contributed by atoms with Crippen LogP contribution < -0.4 is 0 Å². The molecule has 0 unspecified atom stereocenters. The minimum Gasteiger partial charge on any atom is -0.456 e. The summed E-state index contributed by atoms with van der Waals surface area (Å²) >= 11 is 0. The molecule has 0 spiro atoms. The molecule has 0 N–H and O–H groups in total. The van der Waals surface area contributed by atoms with Crippen molar-refractivity contribution in [3.8, 4) is 0 Å². The molecule has 0 saturated heterocycles. The number of rotatable bonds is 6. The Bertz CT molecular complexity index is 812. The molecule has 26 heavy (non-hydrogen) atoms. The van der Waals surface area contributed by atoms with Gasteiger partial charge >= 0.3 is 11.9 Å². The number of hydrogen-bond acceptors (Lipinski definition) is 6. The first kappa shape index (κ1) is 17.3. The largest absolute Gasteiger partial charge is 0.456 e. The van der Waals surface area contributed by atoms with E-state index >= 15 is 0 Å². The highest BCUT2D eigenvalue weighted by Gasteiger charge is 2.16. The van der Waals surface area contributed by atoms with Crippen LogP contribution in [0.15, 0.2) is 72.9 Å². The average Bonchev–Trinajstić information content (AvgIpc) is 2.72. The molecule has 6 nitrogen and oxygen atoms in total. The Morgan fingerprint density at radius 3 is 1.85 bits per heavy atom. The van der Waals surface area contributed by atoms with E-state index in [1.165, 1.54) is 12.3 Å². The van der Waals surface area contributed by atoms with E-state index in [2.05, 4.69) is 9.97 Å². The van der Waals surface area contributed by atoms with E-state index in [4.69, 9.17) is 9.47 Å². The number of aromatic nitrogens is 2. The zero-order valence-electron chi connectivity index (χ0n) is 13.9. The number of carbonyl (C=O) groups is 2. The second kappa shape index (κ2) is 8.53. The quantitative estimate of drug-likeness (QED) is 0.637. The minimum atomic E-state index is -0.702. The molecular formula is C20H16N2O4. The third-order valence-electron chi connectivity index (χ3n) is 3.47. The maximum absolute atomic E-state index is 12.1. The highest BCUT2D eigenvalue weighted by molar-refractivity contribution is 5.90. The van der Waals surface area contributed by atoms with E-state index in [9.17, 15) is 9.59 Å². The monoisotopic (exact) mass is 348 g/mol. The van der Waals surface area contributed by atoms with Crippen molar-refractivity contribution in [2.75, 3.05) is 0 Å². The summed E-state index contributed by atoms with van der Waals surface area (Å²) in [5.41, 5.74) is 1.71. The molecule has 2 aromatic carbocycles. The van der Waals surface area contributed by atoms with Crippen molar-refractivity contribution in [1.82, 2.24) is 9.97 Å². The zero-order valence-corrected chi connectivity index (χ0v) is 13.9. The van der Waals surface area contributed by atoms with Crippen LogP contribution in [0.4, 0.5) is 0 Å². The second-order valence-electron chi connectivity index (χ2n) is 5.39. The van der Waals surface area contributed by atoms with Gasteiger partial charge in [-0.3, -0.25) is 0 Å². The highest BCUT2D eigenvalue weighted by Crippen LogP contribution is 2.07. The molecule has 0 fully saturated rings. The third-order valence-corrected chi connectivity index (χ3v) is 3.47. The van der Waals surface area contributed by atoms with Gasteiger partial charge in [-0.25, -0.2) is 19.6 Å². The van der Waals surface area contributed by atoms with Gasteiger partial charge in [0.2, 0.25) is 5.82 Å². The zero-order chi connectivity index (χ0) is 18.2. The average molecular weight is 348 g/mol. The molecule has 3 aromatic rings. The Labute approximate surface area is 150 Å². The Morgan fingerprint density at radius 1 is 0.731 bits per heavy atom. The molecule has 1 aromatic heterocycles. The lowest BCUT2D eigenvalue weighted by atomic mass is 10.2. The van der Waals surface area contributed by atoms with Gasteiger partial charge in [0.15, 0.2) is 5.69 Å². The molecule has 130 valence electrons. The maximum atomic E-state index is 12.1. The van der Waals surface area contributed by atoms with Crippen molar-refractivity contribution in [3.05, 3.63) is 95.6 Å². The number of hydrogen-bond donors (Lipinski definition) is 0. The maximum Gasteiger partial charge on any atom is 0.376 e. The van der Waals surface area contributed by atoms with E-state index in [0.29, 0.717) is 0 Å². The third kappa shape index (κ3) is 4.73. The highest BCUT2D eigenvalue weighted by atomic mass is 16.5. The van der Waals surface area contributed by atoms with Crippen LogP contribution in [0.5, 0.6) is 0 Å².